The molecule has 2 N–H and O–H groups in total. The Morgan fingerprint density at radius 3 is 1.41 bits per heavy atom. The molecule has 0 saturated heterocycles. The van der Waals surface area contributed by atoms with Crippen LogP contribution in [0.25, 0.3) is 0 Å². The van der Waals surface area contributed by atoms with E-state index < -0.39 is 0 Å². The molecule has 6 aliphatic carbocycles. The van der Waals surface area contributed by atoms with Gasteiger partial charge in [0.25, 0.3) is 0 Å². The maximum Gasteiger partial charge on any atom is 0.0494 e. The monoisotopic (exact) mass is 374 g/mol. The van der Waals surface area contributed by atoms with Crippen LogP contribution in [-0.4, -0.2) is 36.6 Å². The number of aliphatic hydroxyl groups excluding tert-OH is 2. The topological polar surface area (TPSA) is 49.7 Å². The van der Waals surface area contributed by atoms with Gasteiger partial charge < -0.3 is 14.9 Å². The third-order valence-corrected chi connectivity index (χ3v) is 10.6. The molecule has 3 nitrogen and oxygen atoms in total. The van der Waals surface area contributed by atoms with Gasteiger partial charge in [-0.15, -0.1) is 0 Å². The second-order valence-electron chi connectivity index (χ2n) is 11.5. The highest BCUT2D eigenvalue weighted by molar-refractivity contribution is 5.05. The van der Waals surface area contributed by atoms with Crippen LogP contribution in [0.3, 0.4) is 0 Å². The molecule has 152 valence electrons. The summed E-state index contributed by atoms with van der Waals surface area (Å²) in [5.41, 5.74) is 0. The van der Waals surface area contributed by atoms with E-state index in [0.29, 0.717) is 25.0 Å². The van der Waals surface area contributed by atoms with Gasteiger partial charge in [-0.05, 0) is 122 Å². The van der Waals surface area contributed by atoms with Crippen LogP contribution in [0.2, 0.25) is 0 Å². The van der Waals surface area contributed by atoms with Gasteiger partial charge in [-0.25, -0.2) is 0 Å². The number of ether oxygens (including phenoxy) is 1. The minimum Gasteiger partial charge on any atom is -0.396 e. The lowest BCUT2D eigenvalue weighted by molar-refractivity contribution is 0.0673. The Balaban J connectivity index is 0.975. The van der Waals surface area contributed by atoms with E-state index in [2.05, 4.69) is 0 Å². The van der Waals surface area contributed by atoms with Crippen molar-refractivity contribution in [3.8, 4) is 0 Å². The minimum absolute atomic E-state index is 0.425. The van der Waals surface area contributed by atoms with Crippen LogP contribution in [0.1, 0.15) is 51.4 Å². The van der Waals surface area contributed by atoms with Crippen LogP contribution in [-0.2, 0) is 4.74 Å². The molecule has 4 bridgehead atoms. The molecule has 0 aromatic carbocycles. The highest BCUT2D eigenvalue weighted by Crippen LogP contribution is 2.63. The van der Waals surface area contributed by atoms with Crippen molar-refractivity contribution in [1.82, 2.24) is 0 Å². The number of fused-ring (bicyclic) bond motifs is 10. The molecular formula is C24H38O3. The van der Waals surface area contributed by atoms with Gasteiger partial charge in [0, 0.05) is 26.4 Å². The first-order valence-corrected chi connectivity index (χ1v) is 12.0. The molecule has 6 saturated carbocycles. The average Bonchev–Trinajstić information content (AvgIpc) is 3.47. The fourth-order valence-electron chi connectivity index (χ4n) is 9.75. The Morgan fingerprint density at radius 1 is 0.519 bits per heavy atom. The molecule has 0 spiro atoms. The van der Waals surface area contributed by atoms with Gasteiger partial charge >= 0.3 is 0 Å². The van der Waals surface area contributed by atoms with E-state index in [0.717, 1.165) is 72.4 Å². The van der Waals surface area contributed by atoms with E-state index in [-0.39, 0.29) is 0 Å². The molecule has 0 aliphatic heterocycles. The standard InChI is InChI=1S/C24H38O3/c25-9-17-5-15-7-21(17)23-3-13(1-19(15)23)11-27-12-14-2-20-16-6-18(10-26)22(8-16)24(20)4-14/h13-26H,1-12H2. The molecule has 0 aromatic rings. The molecular weight excluding hydrogens is 336 g/mol. The minimum atomic E-state index is 0.425. The smallest absolute Gasteiger partial charge is 0.0494 e. The largest absolute Gasteiger partial charge is 0.396 e. The van der Waals surface area contributed by atoms with Crippen LogP contribution in [0.5, 0.6) is 0 Å². The number of hydrogen-bond acceptors (Lipinski definition) is 3. The first-order valence-electron chi connectivity index (χ1n) is 12.0. The van der Waals surface area contributed by atoms with Gasteiger partial charge in [0.2, 0.25) is 0 Å². The van der Waals surface area contributed by atoms with E-state index in [4.69, 9.17) is 4.74 Å². The molecule has 12 unspecified atom stereocenters. The number of hydrogen-bond donors (Lipinski definition) is 2. The van der Waals surface area contributed by atoms with Crippen molar-refractivity contribution in [2.24, 2.45) is 71.0 Å². The lowest BCUT2D eigenvalue weighted by Crippen LogP contribution is -2.26. The Kier molecular flexibility index (Phi) is 4.40. The van der Waals surface area contributed by atoms with Crippen molar-refractivity contribution in [3.05, 3.63) is 0 Å². The second kappa shape index (κ2) is 6.71. The number of aliphatic hydroxyl groups is 2. The molecule has 0 heterocycles. The lowest BCUT2D eigenvalue weighted by atomic mass is 9.76. The first-order chi connectivity index (χ1) is 13.2. The summed E-state index contributed by atoms with van der Waals surface area (Å²) < 4.78 is 6.32. The summed E-state index contributed by atoms with van der Waals surface area (Å²) in [5.74, 6) is 10.1. The molecule has 3 heteroatoms. The molecule has 6 rings (SSSR count). The Hall–Kier alpha value is -0.120. The van der Waals surface area contributed by atoms with Crippen molar-refractivity contribution in [2.45, 2.75) is 51.4 Å². The summed E-state index contributed by atoms with van der Waals surface area (Å²) in [6, 6.07) is 0. The Bertz CT molecular complexity index is 512. The maximum atomic E-state index is 9.64. The van der Waals surface area contributed by atoms with Crippen LogP contribution in [0.15, 0.2) is 0 Å². The van der Waals surface area contributed by atoms with E-state index in [1.54, 1.807) is 0 Å². The van der Waals surface area contributed by atoms with Crippen LogP contribution >= 0.6 is 0 Å². The zero-order valence-corrected chi connectivity index (χ0v) is 16.7. The fraction of sp³-hybridized carbons (Fsp3) is 1.00. The zero-order valence-electron chi connectivity index (χ0n) is 16.7. The second-order valence-corrected chi connectivity index (χ2v) is 11.5. The molecule has 0 aromatic heterocycles. The Labute approximate surface area is 164 Å². The Morgan fingerprint density at radius 2 is 0.963 bits per heavy atom. The molecule has 6 fully saturated rings. The molecule has 12 atom stereocenters. The normalized spacial score (nSPS) is 57.6. The van der Waals surface area contributed by atoms with Crippen molar-refractivity contribution < 1.29 is 14.9 Å². The summed E-state index contributed by atoms with van der Waals surface area (Å²) in [4.78, 5) is 0. The fourth-order valence-corrected chi connectivity index (χ4v) is 9.75. The predicted molar refractivity (Wildman–Crippen MR) is 104 cm³/mol. The zero-order chi connectivity index (χ0) is 18.1. The molecule has 6 aliphatic rings. The quantitative estimate of drug-likeness (QED) is 0.747. The highest BCUT2D eigenvalue weighted by atomic mass is 16.5. The van der Waals surface area contributed by atoms with Gasteiger partial charge in [0.1, 0.15) is 0 Å². The number of rotatable bonds is 6. The summed E-state index contributed by atoms with van der Waals surface area (Å²) >= 11 is 0. The van der Waals surface area contributed by atoms with Gasteiger partial charge in [0.05, 0.1) is 0 Å². The van der Waals surface area contributed by atoms with Crippen LogP contribution in [0.4, 0.5) is 0 Å². The molecule has 0 amide bonds. The maximum absolute atomic E-state index is 9.64. The van der Waals surface area contributed by atoms with E-state index in [1.165, 1.54) is 51.4 Å². The van der Waals surface area contributed by atoms with Crippen molar-refractivity contribution >= 4 is 0 Å². The van der Waals surface area contributed by atoms with Gasteiger partial charge in [-0.2, -0.15) is 0 Å². The molecule has 27 heavy (non-hydrogen) atoms. The third-order valence-electron chi connectivity index (χ3n) is 10.6. The average molecular weight is 375 g/mol. The highest BCUT2D eigenvalue weighted by Gasteiger charge is 2.56. The lowest BCUT2D eigenvalue weighted by Gasteiger charge is -2.30. The summed E-state index contributed by atoms with van der Waals surface area (Å²) in [6.45, 7) is 2.84. The van der Waals surface area contributed by atoms with E-state index in [9.17, 15) is 10.2 Å². The van der Waals surface area contributed by atoms with Gasteiger partial charge in [0.15, 0.2) is 0 Å². The predicted octanol–water partition coefficient (Wildman–Crippen LogP) is 3.58. The third kappa shape index (κ3) is 2.70. The van der Waals surface area contributed by atoms with E-state index in [1.807, 2.05) is 0 Å². The summed E-state index contributed by atoms with van der Waals surface area (Å²) in [5, 5.41) is 19.3. The van der Waals surface area contributed by atoms with Crippen molar-refractivity contribution in [3.63, 3.8) is 0 Å². The van der Waals surface area contributed by atoms with Gasteiger partial charge in [-0.3, -0.25) is 0 Å². The summed E-state index contributed by atoms with van der Waals surface area (Å²) in [7, 11) is 0. The van der Waals surface area contributed by atoms with E-state index >= 15 is 0 Å². The van der Waals surface area contributed by atoms with Crippen LogP contribution in [0, 0.1) is 71.0 Å². The van der Waals surface area contributed by atoms with Crippen molar-refractivity contribution in [1.29, 1.82) is 0 Å². The summed E-state index contributed by atoms with van der Waals surface area (Å²) in [6.07, 6.45) is 11.0. The first kappa shape index (κ1) is 17.7. The molecule has 0 radical (unpaired) electrons. The van der Waals surface area contributed by atoms with Gasteiger partial charge in [-0.1, -0.05) is 0 Å². The SMILES string of the molecule is OCC1CC2CC1C1CC(COCC3CC4C5CC(CO)C(C5)C4C3)CC21. The van der Waals surface area contributed by atoms with Crippen LogP contribution < -0.4 is 0 Å². The van der Waals surface area contributed by atoms with Crippen molar-refractivity contribution in [2.75, 3.05) is 26.4 Å².